The quantitative estimate of drug-likeness (QED) is 0.197. The third-order valence-corrected chi connectivity index (χ3v) is 5.37. The number of rotatable bonds is 7. The van der Waals surface area contributed by atoms with Crippen LogP contribution in [0.25, 0.3) is 0 Å². The van der Waals surface area contributed by atoms with Crippen LogP contribution in [0.5, 0.6) is 5.75 Å². The van der Waals surface area contributed by atoms with E-state index in [0.717, 1.165) is 5.56 Å². The Labute approximate surface area is 178 Å². The highest BCUT2D eigenvalue weighted by molar-refractivity contribution is 7.89. The van der Waals surface area contributed by atoms with Crippen LogP contribution in [0, 0.1) is 17.0 Å². The molecule has 0 aromatic heterocycles. The van der Waals surface area contributed by atoms with E-state index < -0.39 is 20.9 Å². The van der Waals surface area contributed by atoms with Crippen LogP contribution in [0.15, 0.2) is 82.8 Å². The van der Waals surface area contributed by atoms with E-state index in [0.29, 0.717) is 5.56 Å². The zero-order valence-electron chi connectivity index (χ0n) is 16.3. The molecule has 0 aliphatic carbocycles. The minimum atomic E-state index is -3.79. The van der Waals surface area contributed by atoms with Crippen LogP contribution in [-0.2, 0) is 10.0 Å². The number of aryl methyl sites for hydroxylation is 1. The average molecular weight is 439 g/mol. The van der Waals surface area contributed by atoms with Crippen LogP contribution < -0.4 is 9.57 Å². The maximum atomic E-state index is 12.2. The summed E-state index contributed by atoms with van der Waals surface area (Å²) in [4.78, 5) is 24.8. The van der Waals surface area contributed by atoms with Crippen LogP contribution in [0.4, 0.5) is 5.69 Å². The van der Waals surface area contributed by atoms with Crippen molar-refractivity contribution < 1.29 is 22.9 Å². The minimum Gasteiger partial charge on any atom is -0.423 e. The topological polar surface area (TPSA) is 128 Å². The lowest BCUT2D eigenvalue weighted by Gasteiger charge is -2.05. The van der Waals surface area contributed by atoms with E-state index in [1.54, 1.807) is 24.3 Å². The van der Waals surface area contributed by atoms with Gasteiger partial charge in [0, 0.05) is 6.07 Å². The van der Waals surface area contributed by atoms with Gasteiger partial charge in [-0.2, -0.15) is 13.5 Å². The Balaban J connectivity index is 1.65. The van der Waals surface area contributed by atoms with Crippen molar-refractivity contribution in [1.82, 2.24) is 4.83 Å². The maximum Gasteiger partial charge on any atom is 0.350 e. The molecule has 0 saturated heterocycles. The Morgan fingerprint density at radius 2 is 1.68 bits per heavy atom. The lowest BCUT2D eigenvalue weighted by molar-refractivity contribution is -0.385. The molecule has 0 fully saturated rings. The van der Waals surface area contributed by atoms with Crippen molar-refractivity contribution in [3.05, 3.63) is 99.6 Å². The number of hydrazone groups is 1. The molecule has 0 spiro atoms. The molecule has 3 rings (SSSR count). The second-order valence-electron chi connectivity index (χ2n) is 6.40. The number of nitro groups is 1. The fraction of sp³-hybridized carbons (Fsp3) is 0.0476. The number of nitrogens with one attached hydrogen (secondary N) is 1. The maximum absolute atomic E-state index is 12.2. The molecule has 0 aliphatic rings. The molecule has 3 aromatic rings. The standard InChI is InChI=1S/C21H17N3O6S/c1-15-6-12-18(13-7-15)31(28,29)23-22-14-16-8-10-17(11-9-16)30-21(25)19-4-2-3-5-20(19)24(26)27/h2-14,23H,1H3. The lowest BCUT2D eigenvalue weighted by Crippen LogP contribution is -2.18. The van der Waals surface area contributed by atoms with Gasteiger partial charge in [-0.25, -0.2) is 9.63 Å². The monoisotopic (exact) mass is 439 g/mol. The fourth-order valence-corrected chi connectivity index (χ4v) is 3.32. The normalized spacial score (nSPS) is 11.3. The van der Waals surface area contributed by atoms with Gasteiger partial charge >= 0.3 is 5.97 Å². The summed E-state index contributed by atoms with van der Waals surface area (Å²) in [6.07, 6.45) is 1.29. The Hall–Kier alpha value is -4.05. The number of ether oxygens (including phenoxy) is 1. The number of esters is 1. The van der Waals surface area contributed by atoms with E-state index in [1.807, 2.05) is 6.92 Å². The number of nitro benzene ring substituents is 1. The molecule has 0 saturated carbocycles. The van der Waals surface area contributed by atoms with Crippen LogP contribution >= 0.6 is 0 Å². The summed E-state index contributed by atoms with van der Waals surface area (Å²) in [5, 5.41) is 14.8. The molecule has 3 aromatic carbocycles. The van der Waals surface area contributed by atoms with E-state index in [-0.39, 0.29) is 21.9 Å². The van der Waals surface area contributed by atoms with E-state index >= 15 is 0 Å². The highest BCUT2D eigenvalue weighted by Gasteiger charge is 2.21. The first kappa shape index (κ1) is 21.7. The molecule has 0 heterocycles. The third kappa shape index (κ3) is 5.52. The minimum absolute atomic E-state index is 0.0903. The molecule has 31 heavy (non-hydrogen) atoms. The fourth-order valence-electron chi connectivity index (χ4n) is 2.53. The molecule has 0 radical (unpaired) electrons. The van der Waals surface area contributed by atoms with Crippen molar-refractivity contribution in [2.75, 3.05) is 0 Å². The van der Waals surface area contributed by atoms with Crippen molar-refractivity contribution in [3.8, 4) is 5.75 Å². The Bertz CT molecular complexity index is 1240. The summed E-state index contributed by atoms with van der Waals surface area (Å²) in [5.74, 6) is -0.694. The number of carbonyl (C=O) groups excluding carboxylic acids is 1. The van der Waals surface area contributed by atoms with E-state index in [2.05, 4.69) is 9.93 Å². The van der Waals surface area contributed by atoms with Gasteiger partial charge in [-0.15, -0.1) is 0 Å². The zero-order chi connectivity index (χ0) is 22.4. The molecule has 0 atom stereocenters. The molecular formula is C21H17N3O6S. The number of benzene rings is 3. The summed E-state index contributed by atoms with van der Waals surface area (Å²) in [7, 11) is -3.79. The van der Waals surface area contributed by atoms with Crippen molar-refractivity contribution in [2.45, 2.75) is 11.8 Å². The van der Waals surface area contributed by atoms with Gasteiger partial charge in [0.05, 0.1) is 16.0 Å². The molecule has 0 bridgehead atoms. The second-order valence-corrected chi connectivity index (χ2v) is 8.06. The summed E-state index contributed by atoms with van der Waals surface area (Å²) >= 11 is 0. The van der Waals surface area contributed by atoms with Crippen molar-refractivity contribution >= 4 is 27.9 Å². The van der Waals surface area contributed by atoms with E-state index in [4.69, 9.17) is 4.74 Å². The number of sulfonamides is 1. The Morgan fingerprint density at radius 1 is 1.03 bits per heavy atom. The number of hydrogen-bond donors (Lipinski definition) is 1. The van der Waals surface area contributed by atoms with Gasteiger partial charge in [-0.05, 0) is 55.0 Å². The van der Waals surface area contributed by atoms with Gasteiger partial charge in [-0.1, -0.05) is 29.8 Å². The van der Waals surface area contributed by atoms with Crippen molar-refractivity contribution in [1.29, 1.82) is 0 Å². The number of para-hydroxylation sites is 1. The predicted octanol–water partition coefficient (Wildman–Crippen LogP) is 3.43. The first-order valence-electron chi connectivity index (χ1n) is 8.93. The third-order valence-electron chi connectivity index (χ3n) is 4.13. The molecule has 0 amide bonds. The highest BCUT2D eigenvalue weighted by Crippen LogP contribution is 2.20. The molecule has 9 nitrogen and oxygen atoms in total. The van der Waals surface area contributed by atoms with Crippen LogP contribution in [0.1, 0.15) is 21.5 Å². The van der Waals surface area contributed by atoms with Crippen molar-refractivity contribution in [2.24, 2.45) is 5.10 Å². The molecular weight excluding hydrogens is 422 g/mol. The van der Waals surface area contributed by atoms with Gasteiger partial charge < -0.3 is 4.74 Å². The zero-order valence-corrected chi connectivity index (χ0v) is 17.1. The molecule has 1 N–H and O–H groups in total. The first-order chi connectivity index (χ1) is 14.8. The van der Waals surface area contributed by atoms with Crippen LogP contribution in [0.3, 0.4) is 0 Å². The van der Waals surface area contributed by atoms with Gasteiger partial charge in [-0.3, -0.25) is 10.1 Å². The summed E-state index contributed by atoms with van der Waals surface area (Å²) in [5.41, 5.74) is 0.961. The van der Waals surface area contributed by atoms with Gasteiger partial charge in [0.1, 0.15) is 11.3 Å². The molecule has 10 heteroatoms. The predicted molar refractivity (Wildman–Crippen MR) is 114 cm³/mol. The van der Waals surface area contributed by atoms with Gasteiger partial charge in [0.2, 0.25) is 0 Å². The van der Waals surface area contributed by atoms with Crippen LogP contribution in [0.2, 0.25) is 0 Å². The Kier molecular flexibility index (Phi) is 6.41. The van der Waals surface area contributed by atoms with Gasteiger partial charge in [0.15, 0.2) is 0 Å². The SMILES string of the molecule is Cc1ccc(S(=O)(=O)NN=Cc2ccc(OC(=O)c3ccccc3[N+](=O)[O-])cc2)cc1. The molecule has 158 valence electrons. The summed E-state index contributed by atoms with van der Waals surface area (Å²) < 4.78 is 29.6. The summed E-state index contributed by atoms with van der Waals surface area (Å²) in [6, 6.07) is 17.8. The van der Waals surface area contributed by atoms with E-state index in [1.165, 1.54) is 54.7 Å². The van der Waals surface area contributed by atoms with Crippen LogP contribution in [-0.4, -0.2) is 25.5 Å². The Morgan fingerprint density at radius 3 is 2.32 bits per heavy atom. The summed E-state index contributed by atoms with van der Waals surface area (Å²) in [6.45, 7) is 1.85. The molecule has 0 aliphatic heterocycles. The lowest BCUT2D eigenvalue weighted by atomic mass is 10.2. The van der Waals surface area contributed by atoms with Crippen molar-refractivity contribution in [3.63, 3.8) is 0 Å². The largest absolute Gasteiger partial charge is 0.423 e. The smallest absolute Gasteiger partial charge is 0.350 e. The van der Waals surface area contributed by atoms with Gasteiger partial charge in [0.25, 0.3) is 15.7 Å². The number of carbonyl (C=O) groups is 1. The average Bonchev–Trinajstić information content (AvgIpc) is 2.75. The second kappa shape index (κ2) is 9.18. The van der Waals surface area contributed by atoms with E-state index in [9.17, 15) is 23.3 Å². The highest BCUT2D eigenvalue weighted by atomic mass is 32.2. The molecule has 0 unspecified atom stereocenters. The first-order valence-corrected chi connectivity index (χ1v) is 10.4. The number of nitrogens with zero attached hydrogens (tertiary/aromatic N) is 2. The number of hydrogen-bond acceptors (Lipinski definition) is 7.